The van der Waals surface area contributed by atoms with Gasteiger partial charge >= 0.3 is 0 Å². The number of aromatic nitrogens is 1. The maximum Gasteiger partial charge on any atom is 0.242 e. The van der Waals surface area contributed by atoms with Crippen molar-refractivity contribution in [2.24, 2.45) is 0 Å². The quantitative estimate of drug-likeness (QED) is 0.926. The fraction of sp³-hybridized carbons (Fsp3) is 0.231. The van der Waals surface area contributed by atoms with E-state index >= 15 is 0 Å². The van der Waals surface area contributed by atoms with E-state index in [-0.39, 0.29) is 9.92 Å². The summed E-state index contributed by atoms with van der Waals surface area (Å²) in [6, 6.07) is 5.97. The number of halogens is 1. The van der Waals surface area contributed by atoms with Crippen LogP contribution < -0.4 is 4.72 Å². The summed E-state index contributed by atoms with van der Waals surface area (Å²) in [7, 11) is -3.82. The minimum Gasteiger partial charge on any atom is -0.248 e. The molecule has 0 aliphatic rings. The highest BCUT2D eigenvalue weighted by Gasteiger charge is 2.31. The molecule has 2 aromatic rings. The molecule has 1 heterocycles. The van der Waals surface area contributed by atoms with Gasteiger partial charge in [0.1, 0.15) is 9.90 Å². The Labute approximate surface area is 132 Å². The second-order valence-corrected chi connectivity index (χ2v) is 7.78. The zero-order valence-electron chi connectivity index (χ0n) is 11.3. The zero-order chi connectivity index (χ0) is 15.7. The molecule has 0 radical (unpaired) electrons. The third kappa shape index (κ3) is 3.41. The van der Waals surface area contributed by atoms with Crippen molar-refractivity contribution in [1.29, 1.82) is 5.26 Å². The Morgan fingerprint density at radius 2 is 2.14 bits per heavy atom. The Balaban J connectivity index is 2.38. The van der Waals surface area contributed by atoms with E-state index in [9.17, 15) is 8.42 Å². The lowest BCUT2D eigenvalue weighted by Gasteiger charge is -2.23. The molecule has 0 unspecified atom stereocenters. The highest BCUT2D eigenvalue weighted by Crippen LogP contribution is 2.28. The molecule has 0 saturated carbocycles. The molecular formula is C13H12ClN3O2S2. The van der Waals surface area contributed by atoms with Gasteiger partial charge in [0.25, 0.3) is 0 Å². The molecule has 8 heteroatoms. The van der Waals surface area contributed by atoms with Crippen LogP contribution in [0.5, 0.6) is 0 Å². The van der Waals surface area contributed by atoms with E-state index in [1.807, 2.05) is 6.07 Å². The SMILES string of the molecule is CC(C)(NS(=O)(=O)c1ccc(C#N)cc1Cl)c1nccs1. The van der Waals surface area contributed by atoms with E-state index in [4.69, 9.17) is 16.9 Å². The average Bonchev–Trinajstić information content (AvgIpc) is 2.91. The maximum atomic E-state index is 12.5. The molecule has 0 fully saturated rings. The summed E-state index contributed by atoms with van der Waals surface area (Å²) in [5, 5.41) is 11.2. The van der Waals surface area contributed by atoms with Gasteiger partial charge in [-0.05, 0) is 32.0 Å². The third-order valence-corrected chi connectivity index (χ3v) is 5.94. The first-order valence-electron chi connectivity index (χ1n) is 5.90. The molecule has 2 rings (SSSR count). The highest BCUT2D eigenvalue weighted by atomic mass is 35.5. The summed E-state index contributed by atoms with van der Waals surface area (Å²) in [5.74, 6) is 0. The van der Waals surface area contributed by atoms with Crippen molar-refractivity contribution in [3.8, 4) is 6.07 Å². The first-order chi connectivity index (χ1) is 9.76. The Morgan fingerprint density at radius 1 is 1.43 bits per heavy atom. The van der Waals surface area contributed by atoms with Gasteiger partial charge in [-0.15, -0.1) is 11.3 Å². The summed E-state index contributed by atoms with van der Waals surface area (Å²) < 4.78 is 27.5. The van der Waals surface area contributed by atoms with E-state index in [1.165, 1.54) is 29.5 Å². The van der Waals surface area contributed by atoms with Crippen LogP contribution in [-0.4, -0.2) is 13.4 Å². The van der Waals surface area contributed by atoms with Gasteiger partial charge in [0.15, 0.2) is 0 Å². The fourth-order valence-corrected chi connectivity index (χ4v) is 4.46. The standard InChI is InChI=1S/C13H12ClN3O2S2/c1-13(2,12-16-5-6-20-12)17-21(18,19)11-4-3-9(8-15)7-10(11)14/h3-7,17H,1-2H3. The molecule has 5 nitrogen and oxygen atoms in total. The molecule has 0 aliphatic carbocycles. The van der Waals surface area contributed by atoms with Crippen LogP contribution >= 0.6 is 22.9 Å². The lowest BCUT2D eigenvalue weighted by atomic mass is 10.1. The second-order valence-electron chi connectivity index (χ2n) is 4.82. The van der Waals surface area contributed by atoms with Crippen molar-refractivity contribution in [3.05, 3.63) is 45.4 Å². The Hall–Kier alpha value is -1.46. The summed E-state index contributed by atoms with van der Waals surface area (Å²) in [5.41, 5.74) is -0.553. The van der Waals surface area contributed by atoms with E-state index in [1.54, 1.807) is 25.4 Å². The number of hydrogen-bond acceptors (Lipinski definition) is 5. The predicted molar refractivity (Wildman–Crippen MR) is 81.6 cm³/mol. The van der Waals surface area contributed by atoms with Crippen LogP contribution in [0.3, 0.4) is 0 Å². The number of sulfonamides is 1. The molecular weight excluding hydrogens is 330 g/mol. The molecule has 1 N–H and O–H groups in total. The monoisotopic (exact) mass is 341 g/mol. The van der Waals surface area contributed by atoms with Crippen LogP contribution in [0.25, 0.3) is 0 Å². The van der Waals surface area contributed by atoms with Crippen molar-refractivity contribution < 1.29 is 8.42 Å². The van der Waals surface area contributed by atoms with Crippen molar-refractivity contribution in [2.75, 3.05) is 0 Å². The molecule has 0 saturated heterocycles. The topological polar surface area (TPSA) is 82.9 Å². The summed E-state index contributed by atoms with van der Waals surface area (Å²) in [6.07, 6.45) is 1.62. The van der Waals surface area contributed by atoms with E-state index in [2.05, 4.69) is 9.71 Å². The van der Waals surface area contributed by atoms with Crippen molar-refractivity contribution in [1.82, 2.24) is 9.71 Å². The van der Waals surface area contributed by atoms with Gasteiger partial charge in [-0.1, -0.05) is 11.6 Å². The van der Waals surface area contributed by atoms with Crippen LogP contribution in [0.4, 0.5) is 0 Å². The third-order valence-electron chi connectivity index (χ3n) is 2.71. The maximum absolute atomic E-state index is 12.5. The van der Waals surface area contributed by atoms with Crippen LogP contribution in [-0.2, 0) is 15.6 Å². The number of rotatable bonds is 4. The Bertz CT molecular complexity index is 793. The van der Waals surface area contributed by atoms with Gasteiger partial charge in [-0.25, -0.2) is 13.4 Å². The van der Waals surface area contributed by atoms with Gasteiger partial charge in [-0.2, -0.15) is 9.98 Å². The van der Waals surface area contributed by atoms with E-state index < -0.39 is 15.6 Å². The average molecular weight is 342 g/mol. The van der Waals surface area contributed by atoms with Crippen LogP contribution in [0.1, 0.15) is 24.4 Å². The number of thiazole rings is 1. The number of benzene rings is 1. The van der Waals surface area contributed by atoms with E-state index in [0.29, 0.717) is 10.6 Å². The Kier molecular flexibility index (Phi) is 4.35. The second kappa shape index (κ2) is 5.73. The molecule has 0 atom stereocenters. The molecule has 0 amide bonds. The van der Waals surface area contributed by atoms with Crippen LogP contribution in [0.15, 0.2) is 34.7 Å². The molecule has 1 aromatic carbocycles. The molecule has 1 aromatic heterocycles. The largest absolute Gasteiger partial charge is 0.248 e. The lowest BCUT2D eigenvalue weighted by Crippen LogP contribution is -2.40. The first kappa shape index (κ1) is 15.9. The summed E-state index contributed by atoms with van der Waals surface area (Å²) in [6.45, 7) is 3.45. The minimum absolute atomic E-state index is 0.0106. The smallest absolute Gasteiger partial charge is 0.242 e. The van der Waals surface area contributed by atoms with Gasteiger partial charge in [-0.3, -0.25) is 0 Å². The normalized spacial score (nSPS) is 12.1. The van der Waals surface area contributed by atoms with Crippen molar-refractivity contribution >= 4 is 33.0 Å². The number of nitrogens with one attached hydrogen (secondary N) is 1. The number of nitriles is 1. The summed E-state index contributed by atoms with van der Waals surface area (Å²) in [4.78, 5) is 4.07. The molecule has 21 heavy (non-hydrogen) atoms. The fourth-order valence-electron chi connectivity index (χ4n) is 1.75. The number of nitrogens with zero attached hydrogens (tertiary/aromatic N) is 2. The minimum atomic E-state index is -3.82. The van der Waals surface area contributed by atoms with Crippen molar-refractivity contribution in [2.45, 2.75) is 24.3 Å². The molecule has 0 aliphatic heterocycles. The lowest BCUT2D eigenvalue weighted by molar-refractivity contribution is 0.470. The van der Waals surface area contributed by atoms with E-state index in [0.717, 1.165) is 0 Å². The number of hydrogen-bond donors (Lipinski definition) is 1. The Morgan fingerprint density at radius 3 is 2.67 bits per heavy atom. The van der Waals surface area contributed by atoms with Crippen LogP contribution in [0.2, 0.25) is 5.02 Å². The van der Waals surface area contributed by atoms with Gasteiger partial charge < -0.3 is 0 Å². The molecule has 110 valence electrons. The predicted octanol–water partition coefficient (Wildman–Crippen LogP) is 2.88. The van der Waals surface area contributed by atoms with Gasteiger partial charge in [0.05, 0.1) is 22.2 Å². The van der Waals surface area contributed by atoms with Gasteiger partial charge in [0.2, 0.25) is 10.0 Å². The highest BCUT2D eigenvalue weighted by molar-refractivity contribution is 7.89. The first-order valence-corrected chi connectivity index (χ1v) is 8.64. The van der Waals surface area contributed by atoms with Gasteiger partial charge in [0, 0.05) is 11.6 Å². The van der Waals surface area contributed by atoms with Crippen molar-refractivity contribution in [3.63, 3.8) is 0 Å². The summed E-state index contributed by atoms with van der Waals surface area (Å²) >= 11 is 7.33. The zero-order valence-corrected chi connectivity index (χ0v) is 13.7. The molecule has 0 spiro atoms. The molecule has 0 bridgehead atoms. The van der Waals surface area contributed by atoms with Crippen LogP contribution in [0, 0.1) is 11.3 Å².